The zero-order valence-electron chi connectivity index (χ0n) is 16.6. The van der Waals surface area contributed by atoms with Crippen LogP contribution in [0.2, 0.25) is 5.02 Å². The van der Waals surface area contributed by atoms with E-state index in [-0.39, 0.29) is 16.5 Å². The highest BCUT2D eigenvalue weighted by Crippen LogP contribution is 2.20. The molecule has 3 aromatic rings. The molecule has 30 heavy (non-hydrogen) atoms. The number of anilines is 1. The predicted octanol–water partition coefficient (Wildman–Crippen LogP) is 3.56. The number of hydrogen-bond donors (Lipinski definition) is 0. The van der Waals surface area contributed by atoms with Crippen LogP contribution in [0.4, 0.5) is 10.2 Å². The topological polar surface area (TPSA) is 58.4 Å². The van der Waals surface area contributed by atoms with E-state index in [0.29, 0.717) is 44.1 Å². The van der Waals surface area contributed by atoms with Crippen LogP contribution in [0.25, 0.3) is 11.0 Å². The summed E-state index contributed by atoms with van der Waals surface area (Å²) >= 11 is 5.81. The molecule has 1 fully saturated rings. The van der Waals surface area contributed by atoms with Gasteiger partial charge in [0.1, 0.15) is 5.82 Å². The number of carbonyl (C=O) groups excluding carboxylic acids is 1. The van der Waals surface area contributed by atoms with Gasteiger partial charge in [-0.3, -0.25) is 9.59 Å². The summed E-state index contributed by atoms with van der Waals surface area (Å²) in [4.78, 5) is 34.1. The molecule has 0 spiro atoms. The molecule has 4 rings (SSSR count). The van der Waals surface area contributed by atoms with Gasteiger partial charge in [-0.2, -0.15) is 0 Å². The first-order valence-electron chi connectivity index (χ1n) is 9.98. The van der Waals surface area contributed by atoms with Crippen LogP contribution in [0.3, 0.4) is 0 Å². The Balaban J connectivity index is 1.56. The molecule has 0 saturated carbocycles. The van der Waals surface area contributed by atoms with Crippen LogP contribution in [-0.4, -0.2) is 46.5 Å². The Morgan fingerprint density at radius 1 is 1.13 bits per heavy atom. The maximum Gasteiger partial charge on any atom is 0.294 e. The molecular formula is C22H22ClFN4O2. The molecule has 0 aliphatic carbocycles. The first-order valence-corrected chi connectivity index (χ1v) is 10.4. The quantitative estimate of drug-likeness (QED) is 0.637. The van der Waals surface area contributed by atoms with E-state index in [4.69, 9.17) is 11.6 Å². The van der Waals surface area contributed by atoms with Crippen molar-refractivity contribution in [3.8, 4) is 0 Å². The van der Waals surface area contributed by atoms with Gasteiger partial charge in [-0.05, 0) is 36.8 Å². The molecule has 1 amide bonds. The van der Waals surface area contributed by atoms with E-state index < -0.39 is 5.82 Å². The van der Waals surface area contributed by atoms with Crippen LogP contribution < -0.4 is 10.5 Å². The van der Waals surface area contributed by atoms with Crippen molar-refractivity contribution in [3.63, 3.8) is 0 Å². The molecule has 156 valence electrons. The summed E-state index contributed by atoms with van der Waals surface area (Å²) in [5.74, 6) is -0.339. The number of aromatic nitrogens is 2. The lowest BCUT2D eigenvalue weighted by Crippen LogP contribution is -2.50. The average molecular weight is 429 g/mol. The number of amides is 1. The molecule has 8 heteroatoms. The monoisotopic (exact) mass is 428 g/mol. The smallest absolute Gasteiger partial charge is 0.294 e. The third-order valence-electron chi connectivity index (χ3n) is 5.32. The first-order chi connectivity index (χ1) is 14.5. The summed E-state index contributed by atoms with van der Waals surface area (Å²) < 4.78 is 15.2. The summed E-state index contributed by atoms with van der Waals surface area (Å²) in [6, 6.07) is 11.6. The van der Waals surface area contributed by atoms with Crippen molar-refractivity contribution >= 4 is 34.4 Å². The van der Waals surface area contributed by atoms with E-state index in [9.17, 15) is 14.0 Å². The Hall–Kier alpha value is -2.93. The first kappa shape index (κ1) is 20.3. The van der Waals surface area contributed by atoms with Gasteiger partial charge in [0.2, 0.25) is 0 Å². The normalized spacial score (nSPS) is 14.4. The molecule has 0 unspecified atom stereocenters. The van der Waals surface area contributed by atoms with Gasteiger partial charge in [-0.1, -0.05) is 30.7 Å². The molecule has 0 atom stereocenters. The van der Waals surface area contributed by atoms with Gasteiger partial charge in [0.25, 0.3) is 11.5 Å². The minimum atomic E-state index is -0.552. The third-order valence-corrected chi connectivity index (χ3v) is 5.61. The van der Waals surface area contributed by atoms with E-state index in [2.05, 4.69) is 4.98 Å². The fraction of sp³-hybridized carbons (Fsp3) is 0.318. The van der Waals surface area contributed by atoms with Crippen molar-refractivity contribution in [1.29, 1.82) is 0 Å². The summed E-state index contributed by atoms with van der Waals surface area (Å²) in [5.41, 5.74) is 1.85. The van der Waals surface area contributed by atoms with E-state index in [0.717, 1.165) is 17.5 Å². The van der Waals surface area contributed by atoms with Crippen LogP contribution in [-0.2, 0) is 6.54 Å². The van der Waals surface area contributed by atoms with Crippen molar-refractivity contribution in [3.05, 3.63) is 69.2 Å². The van der Waals surface area contributed by atoms with E-state index in [1.807, 2.05) is 36.1 Å². The average Bonchev–Trinajstić information content (AvgIpc) is 2.77. The van der Waals surface area contributed by atoms with Crippen molar-refractivity contribution < 1.29 is 9.18 Å². The fourth-order valence-corrected chi connectivity index (χ4v) is 3.94. The summed E-state index contributed by atoms with van der Waals surface area (Å²) in [7, 11) is 0. The maximum atomic E-state index is 13.4. The second-order valence-corrected chi connectivity index (χ2v) is 7.70. The molecule has 1 aliphatic rings. The molecule has 2 heterocycles. The molecule has 0 bridgehead atoms. The van der Waals surface area contributed by atoms with Gasteiger partial charge in [-0.25, -0.2) is 9.37 Å². The van der Waals surface area contributed by atoms with Gasteiger partial charge in [0, 0.05) is 38.3 Å². The number of carbonyl (C=O) groups is 1. The van der Waals surface area contributed by atoms with E-state index in [1.54, 1.807) is 9.47 Å². The van der Waals surface area contributed by atoms with Gasteiger partial charge in [0.15, 0.2) is 5.82 Å². The second kappa shape index (κ2) is 8.44. The van der Waals surface area contributed by atoms with Crippen LogP contribution >= 0.6 is 11.6 Å². The van der Waals surface area contributed by atoms with Crippen LogP contribution in [0, 0.1) is 5.82 Å². The van der Waals surface area contributed by atoms with Crippen molar-refractivity contribution in [2.45, 2.75) is 19.9 Å². The Kier molecular flexibility index (Phi) is 5.72. The molecule has 6 nitrogen and oxygen atoms in total. The van der Waals surface area contributed by atoms with Gasteiger partial charge >= 0.3 is 0 Å². The second-order valence-electron chi connectivity index (χ2n) is 7.29. The van der Waals surface area contributed by atoms with Crippen LogP contribution in [0.5, 0.6) is 0 Å². The number of halogens is 2. The Bertz CT molecular complexity index is 1160. The molecule has 1 aliphatic heterocycles. The number of nitrogens with zero attached hydrogens (tertiary/aromatic N) is 4. The van der Waals surface area contributed by atoms with E-state index >= 15 is 0 Å². The minimum Gasteiger partial charge on any atom is -0.348 e. The zero-order valence-corrected chi connectivity index (χ0v) is 17.4. The van der Waals surface area contributed by atoms with Gasteiger partial charge in [0.05, 0.1) is 16.1 Å². The molecule has 0 N–H and O–H groups in total. The summed E-state index contributed by atoms with van der Waals surface area (Å²) in [5, 5.41) is -0.0728. The van der Waals surface area contributed by atoms with Gasteiger partial charge in [-0.15, -0.1) is 0 Å². The summed E-state index contributed by atoms with van der Waals surface area (Å²) in [6.45, 7) is 4.53. The number of rotatable bonds is 4. The molecular weight excluding hydrogens is 407 g/mol. The number of hydrogen-bond acceptors (Lipinski definition) is 4. The van der Waals surface area contributed by atoms with Crippen molar-refractivity contribution in [2.75, 3.05) is 31.1 Å². The molecule has 0 radical (unpaired) electrons. The van der Waals surface area contributed by atoms with Crippen molar-refractivity contribution in [2.24, 2.45) is 0 Å². The molecule has 2 aromatic carbocycles. The number of fused-ring (bicyclic) bond motifs is 1. The standard InChI is InChI=1S/C22H22ClFN4O2/c1-2-9-28-19-6-4-3-5-18(19)25-20(22(28)30)26-10-12-27(13-11-26)21(29)15-7-8-17(24)16(23)14-15/h3-8,14H,2,9-13H2,1H3. The number of benzene rings is 2. The SMILES string of the molecule is CCCn1c(=O)c(N2CCN(C(=O)c3ccc(F)c(Cl)c3)CC2)nc2ccccc21. The highest BCUT2D eigenvalue weighted by atomic mass is 35.5. The molecule has 1 saturated heterocycles. The van der Waals surface area contributed by atoms with Crippen LogP contribution in [0.15, 0.2) is 47.3 Å². The number of piperazine rings is 1. The zero-order chi connectivity index (χ0) is 21.3. The Morgan fingerprint density at radius 2 is 1.87 bits per heavy atom. The maximum absolute atomic E-state index is 13.4. The molecule has 1 aromatic heterocycles. The lowest BCUT2D eigenvalue weighted by molar-refractivity contribution is 0.0746. The Morgan fingerprint density at radius 3 is 2.57 bits per heavy atom. The third kappa shape index (κ3) is 3.77. The number of aryl methyl sites for hydroxylation is 1. The van der Waals surface area contributed by atoms with Crippen molar-refractivity contribution in [1.82, 2.24) is 14.5 Å². The lowest BCUT2D eigenvalue weighted by Gasteiger charge is -2.35. The summed E-state index contributed by atoms with van der Waals surface area (Å²) in [6.07, 6.45) is 0.843. The fourth-order valence-electron chi connectivity index (χ4n) is 3.76. The van der Waals surface area contributed by atoms with Crippen LogP contribution in [0.1, 0.15) is 23.7 Å². The highest BCUT2D eigenvalue weighted by molar-refractivity contribution is 6.31. The predicted molar refractivity (Wildman–Crippen MR) is 116 cm³/mol. The highest BCUT2D eigenvalue weighted by Gasteiger charge is 2.25. The number of para-hydroxylation sites is 2. The minimum absolute atomic E-state index is 0.0728. The largest absolute Gasteiger partial charge is 0.348 e. The lowest BCUT2D eigenvalue weighted by atomic mass is 10.1. The van der Waals surface area contributed by atoms with E-state index in [1.165, 1.54) is 18.2 Å². The Labute approximate surface area is 178 Å². The van der Waals surface area contributed by atoms with Gasteiger partial charge < -0.3 is 14.4 Å².